The highest BCUT2D eigenvalue weighted by atomic mass is 79.9. The van der Waals surface area contributed by atoms with Gasteiger partial charge >= 0.3 is 0 Å². The average molecular weight is 233 g/mol. The first-order valence-electron chi connectivity index (χ1n) is 3.75. The number of hydrogen-bond donors (Lipinski definition) is 0. The van der Waals surface area contributed by atoms with Crippen molar-refractivity contribution in [2.24, 2.45) is 0 Å². The van der Waals surface area contributed by atoms with E-state index in [1.807, 2.05) is 13.0 Å². The summed E-state index contributed by atoms with van der Waals surface area (Å²) in [5.74, 6) is -0.237. The van der Waals surface area contributed by atoms with Crippen LogP contribution in [0.2, 0.25) is 0 Å². The van der Waals surface area contributed by atoms with E-state index in [4.69, 9.17) is 4.74 Å². The third-order valence-electron chi connectivity index (χ3n) is 1.40. The summed E-state index contributed by atoms with van der Waals surface area (Å²) < 4.78 is 18.7. The second-order valence-corrected chi connectivity index (χ2v) is 3.33. The fourth-order valence-electron chi connectivity index (χ4n) is 0.914. The zero-order valence-electron chi connectivity index (χ0n) is 6.81. The third-order valence-corrected chi connectivity index (χ3v) is 1.85. The Bertz CT molecular complexity index is 242. The lowest BCUT2D eigenvalue weighted by molar-refractivity contribution is 0.134. The van der Waals surface area contributed by atoms with Gasteiger partial charge in [0.15, 0.2) is 0 Å². The lowest BCUT2D eigenvalue weighted by Crippen LogP contribution is -1.92. The van der Waals surface area contributed by atoms with Crippen LogP contribution in [0.4, 0.5) is 4.39 Å². The van der Waals surface area contributed by atoms with Crippen molar-refractivity contribution in [2.75, 3.05) is 6.61 Å². The van der Waals surface area contributed by atoms with E-state index in [0.717, 1.165) is 10.0 Å². The van der Waals surface area contributed by atoms with Gasteiger partial charge in [-0.05, 0) is 30.7 Å². The zero-order valence-corrected chi connectivity index (χ0v) is 8.40. The fraction of sp³-hybridized carbons (Fsp3) is 0.333. The van der Waals surface area contributed by atoms with Crippen molar-refractivity contribution in [2.45, 2.75) is 13.5 Å². The van der Waals surface area contributed by atoms with Crippen molar-refractivity contribution in [1.82, 2.24) is 0 Å². The maximum Gasteiger partial charge on any atom is 0.124 e. The number of benzene rings is 1. The van der Waals surface area contributed by atoms with Gasteiger partial charge in [0.1, 0.15) is 5.82 Å². The Hall–Kier alpha value is -0.410. The molecule has 0 amide bonds. The van der Waals surface area contributed by atoms with Gasteiger partial charge in [0.25, 0.3) is 0 Å². The lowest BCUT2D eigenvalue weighted by Gasteiger charge is -2.02. The molecular weight excluding hydrogens is 223 g/mol. The molecule has 0 aliphatic heterocycles. The summed E-state index contributed by atoms with van der Waals surface area (Å²) in [6, 6.07) is 4.74. The molecule has 0 saturated heterocycles. The van der Waals surface area contributed by atoms with Gasteiger partial charge in [0.05, 0.1) is 6.61 Å². The van der Waals surface area contributed by atoms with Gasteiger partial charge in [-0.15, -0.1) is 0 Å². The van der Waals surface area contributed by atoms with Crippen LogP contribution in [0.3, 0.4) is 0 Å². The van der Waals surface area contributed by atoms with Crippen LogP contribution in [-0.2, 0) is 11.3 Å². The second-order valence-electron chi connectivity index (χ2n) is 2.41. The highest BCUT2D eigenvalue weighted by molar-refractivity contribution is 9.10. The average Bonchev–Trinajstić information content (AvgIpc) is 1.99. The molecule has 0 fully saturated rings. The van der Waals surface area contributed by atoms with E-state index in [9.17, 15) is 4.39 Å². The molecule has 0 aromatic heterocycles. The standard InChI is InChI=1S/C9H10BrFO/c1-2-12-6-7-3-8(10)5-9(11)4-7/h3-5H,2,6H2,1H3. The van der Waals surface area contributed by atoms with Gasteiger partial charge in [-0.3, -0.25) is 0 Å². The Balaban J connectivity index is 2.72. The number of rotatable bonds is 3. The third kappa shape index (κ3) is 2.91. The topological polar surface area (TPSA) is 9.23 Å². The van der Waals surface area contributed by atoms with E-state index in [1.165, 1.54) is 12.1 Å². The van der Waals surface area contributed by atoms with E-state index in [2.05, 4.69) is 15.9 Å². The molecule has 1 rings (SSSR count). The minimum atomic E-state index is -0.237. The molecule has 1 aromatic rings. The van der Waals surface area contributed by atoms with Crippen molar-refractivity contribution < 1.29 is 9.13 Å². The molecule has 0 bridgehead atoms. The van der Waals surface area contributed by atoms with Crippen LogP contribution in [-0.4, -0.2) is 6.61 Å². The summed E-state index contributed by atoms with van der Waals surface area (Å²) in [5.41, 5.74) is 0.851. The zero-order chi connectivity index (χ0) is 8.97. The Labute approximate surface area is 79.7 Å². The van der Waals surface area contributed by atoms with Crippen molar-refractivity contribution in [3.05, 3.63) is 34.1 Å². The molecular formula is C9H10BrFO. The highest BCUT2D eigenvalue weighted by Gasteiger charge is 1.98. The van der Waals surface area contributed by atoms with Gasteiger partial charge in [-0.2, -0.15) is 0 Å². The molecule has 3 heteroatoms. The van der Waals surface area contributed by atoms with Gasteiger partial charge in [-0.1, -0.05) is 15.9 Å². The Morgan fingerprint density at radius 3 is 2.75 bits per heavy atom. The number of halogens is 2. The van der Waals surface area contributed by atoms with E-state index in [0.29, 0.717) is 13.2 Å². The summed E-state index contributed by atoms with van der Waals surface area (Å²) >= 11 is 3.21. The minimum Gasteiger partial charge on any atom is -0.377 e. The summed E-state index contributed by atoms with van der Waals surface area (Å²) in [6.45, 7) is 3.02. The monoisotopic (exact) mass is 232 g/mol. The van der Waals surface area contributed by atoms with Crippen LogP contribution in [0.25, 0.3) is 0 Å². The quantitative estimate of drug-likeness (QED) is 0.779. The molecule has 0 heterocycles. The molecule has 12 heavy (non-hydrogen) atoms. The normalized spacial score (nSPS) is 10.2. The molecule has 1 nitrogen and oxygen atoms in total. The van der Waals surface area contributed by atoms with E-state index in [1.54, 1.807) is 0 Å². The van der Waals surface area contributed by atoms with Crippen LogP contribution in [0.1, 0.15) is 12.5 Å². The molecule has 0 aliphatic rings. The van der Waals surface area contributed by atoms with Crippen LogP contribution >= 0.6 is 15.9 Å². The summed E-state index contributed by atoms with van der Waals surface area (Å²) in [7, 11) is 0. The van der Waals surface area contributed by atoms with Crippen LogP contribution < -0.4 is 0 Å². The summed E-state index contributed by atoms with van der Waals surface area (Å²) in [6.07, 6.45) is 0. The Morgan fingerprint density at radius 1 is 1.42 bits per heavy atom. The molecule has 1 aromatic carbocycles. The first kappa shape index (κ1) is 9.68. The summed E-state index contributed by atoms with van der Waals surface area (Å²) in [5, 5.41) is 0. The molecule has 0 radical (unpaired) electrons. The van der Waals surface area contributed by atoms with Crippen LogP contribution in [0, 0.1) is 5.82 Å². The van der Waals surface area contributed by atoms with Gasteiger partial charge < -0.3 is 4.74 Å². The molecule has 66 valence electrons. The minimum absolute atomic E-state index is 0.237. The fourth-order valence-corrected chi connectivity index (χ4v) is 1.43. The van der Waals surface area contributed by atoms with Gasteiger partial charge in [-0.25, -0.2) is 4.39 Å². The maximum atomic E-state index is 12.8. The Kier molecular flexibility index (Phi) is 3.69. The maximum absolute atomic E-state index is 12.8. The molecule has 0 aliphatic carbocycles. The number of hydrogen-bond acceptors (Lipinski definition) is 1. The van der Waals surface area contributed by atoms with Gasteiger partial charge in [0, 0.05) is 11.1 Å². The van der Waals surface area contributed by atoms with Gasteiger partial charge in [0.2, 0.25) is 0 Å². The predicted octanol–water partition coefficient (Wildman–Crippen LogP) is 3.12. The first-order chi connectivity index (χ1) is 5.72. The highest BCUT2D eigenvalue weighted by Crippen LogP contribution is 2.15. The van der Waals surface area contributed by atoms with Crippen LogP contribution in [0.5, 0.6) is 0 Å². The van der Waals surface area contributed by atoms with Crippen molar-refractivity contribution in [3.8, 4) is 0 Å². The SMILES string of the molecule is CCOCc1cc(F)cc(Br)c1. The molecule has 0 unspecified atom stereocenters. The molecule has 0 spiro atoms. The Morgan fingerprint density at radius 2 is 2.17 bits per heavy atom. The van der Waals surface area contributed by atoms with Crippen LogP contribution in [0.15, 0.2) is 22.7 Å². The smallest absolute Gasteiger partial charge is 0.124 e. The van der Waals surface area contributed by atoms with E-state index in [-0.39, 0.29) is 5.82 Å². The first-order valence-corrected chi connectivity index (χ1v) is 4.54. The summed E-state index contributed by atoms with van der Waals surface area (Å²) in [4.78, 5) is 0. The van der Waals surface area contributed by atoms with Crippen molar-refractivity contribution >= 4 is 15.9 Å². The molecule has 0 saturated carbocycles. The molecule has 0 atom stereocenters. The largest absolute Gasteiger partial charge is 0.377 e. The van der Waals surface area contributed by atoms with E-state index >= 15 is 0 Å². The second kappa shape index (κ2) is 4.58. The molecule has 0 N–H and O–H groups in total. The van der Waals surface area contributed by atoms with Crippen molar-refractivity contribution in [1.29, 1.82) is 0 Å². The predicted molar refractivity (Wildman–Crippen MR) is 49.4 cm³/mol. The lowest BCUT2D eigenvalue weighted by atomic mass is 10.2. The van der Waals surface area contributed by atoms with Crippen molar-refractivity contribution in [3.63, 3.8) is 0 Å². The van der Waals surface area contributed by atoms with E-state index < -0.39 is 0 Å². The number of ether oxygens (including phenoxy) is 1.